The SMILES string of the molecule is CC(C)CN(CC(C)C)C[C@@H](O)COc1ccc([N+](=O)[O-])cc1. The van der Waals surface area contributed by atoms with Gasteiger partial charge in [-0.2, -0.15) is 0 Å². The number of aliphatic hydroxyl groups excluding tert-OH is 1. The van der Waals surface area contributed by atoms with Gasteiger partial charge in [0.25, 0.3) is 5.69 Å². The molecule has 0 aliphatic heterocycles. The van der Waals surface area contributed by atoms with Gasteiger partial charge in [0.1, 0.15) is 18.5 Å². The Bertz CT molecular complexity index is 464. The second-order valence-corrected chi connectivity index (χ2v) is 6.72. The first-order valence-corrected chi connectivity index (χ1v) is 8.05. The number of nitrogens with zero attached hydrogens (tertiary/aromatic N) is 2. The third kappa shape index (κ3) is 7.95. The first-order chi connectivity index (χ1) is 10.8. The summed E-state index contributed by atoms with van der Waals surface area (Å²) >= 11 is 0. The zero-order valence-electron chi connectivity index (χ0n) is 14.4. The smallest absolute Gasteiger partial charge is 0.269 e. The van der Waals surface area contributed by atoms with Gasteiger partial charge in [-0.1, -0.05) is 27.7 Å². The third-order valence-corrected chi connectivity index (χ3v) is 3.21. The lowest BCUT2D eigenvalue weighted by Gasteiger charge is -2.28. The number of benzene rings is 1. The minimum atomic E-state index is -0.595. The lowest BCUT2D eigenvalue weighted by Crippen LogP contribution is -2.39. The van der Waals surface area contributed by atoms with Gasteiger partial charge in [-0.25, -0.2) is 0 Å². The van der Waals surface area contributed by atoms with Crippen molar-refractivity contribution in [2.24, 2.45) is 11.8 Å². The van der Waals surface area contributed by atoms with Crippen molar-refractivity contribution < 1.29 is 14.8 Å². The molecule has 1 aromatic carbocycles. The van der Waals surface area contributed by atoms with Crippen LogP contribution in [0.5, 0.6) is 5.75 Å². The molecule has 0 aromatic heterocycles. The van der Waals surface area contributed by atoms with Crippen molar-refractivity contribution in [2.75, 3.05) is 26.2 Å². The van der Waals surface area contributed by atoms with Crippen LogP contribution in [0.1, 0.15) is 27.7 Å². The van der Waals surface area contributed by atoms with Crippen LogP contribution >= 0.6 is 0 Å². The summed E-state index contributed by atoms with van der Waals surface area (Å²) in [5.41, 5.74) is 0.0259. The Morgan fingerprint density at radius 3 is 2.04 bits per heavy atom. The molecule has 0 heterocycles. The lowest BCUT2D eigenvalue weighted by atomic mass is 10.1. The van der Waals surface area contributed by atoms with Crippen molar-refractivity contribution in [3.8, 4) is 5.75 Å². The zero-order valence-corrected chi connectivity index (χ0v) is 14.4. The monoisotopic (exact) mass is 324 g/mol. The Balaban J connectivity index is 2.47. The van der Waals surface area contributed by atoms with Crippen molar-refractivity contribution in [1.29, 1.82) is 0 Å². The van der Waals surface area contributed by atoms with E-state index in [0.717, 1.165) is 13.1 Å². The van der Waals surface area contributed by atoms with Crippen LogP contribution in [-0.4, -0.2) is 47.3 Å². The van der Waals surface area contributed by atoms with Gasteiger partial charge >= 0.3 is 0 Å². The predicted octanol–water partition coefficient (Wildman–Crippen LogP) is 2.95. The van der Waals surface area contributed by atoms with Crippen LogP contribution in [-0.2, 0) is 0 Å². The Hall–Kier alpha value is -1.66. The summed E-state index contributed by atoms with van der Waals surface area (Å²) in [4.78, 5) is 12.4. The van der Waals surface area contributed by atoms with Gasteiger partial charge in [-0.3, -0.25) is 10.1 Å². The van der Waals surface area contributed by atoms with Gasteiger partial charge in [0.05, 0.1) is 4.92 Å². The van der Waals surface area contributed by atoms with Crippen LogP contribution in [0, 0.1) is 22.0 Å². The number of non-ortho nitro benzene ring substituents is 1. The van der Waals surface area contributed by atoms with E-state index in [2.05, 4.69) is 32.6 Å². The summed E-state index contributed by atoms with van der Waals surface area (Å²) in [5, 5.41) is 20.8. The average Bonchev–Trinajstić information content (AvgIpc) is 2.44. The molecular formula is C17H28N2O4. The van der Waals surface area contributed by atoms with E-state index < -0.39 is 11.0 Å². The minimum Gasteiger partial charge on any atom is -0.491 e. The molecule has 23 heavy (non-hydrogen) atoms. The molecule has 0 spiro atoms. The Labute approximate surface area is 138 Å². The Kier molecular flexibility index (Phi) is 7.98. The summed E-state index contributed by atoms with van der Waals surface area (Å²) in [7, 11) is 0. The van der Waals surface area contributed by atoms with E-state index in [-0.39, 0.29) is 12.3 Å². The Morgan fingerprint density at radius 1 is 1.09 bits per heavy atom. The molecule has 6 heteroatoms. The van der Waals surface area contributed by atoms with E-state index >= 15 is 0 Å². The van der Waals surface area contributed by atoms with E-state index in [1.54, 1.807) is 12.1 Å². The molecule has 0 amide bonds. The summed E-state index contributed by atoms with van der Waals surface area (Å²) in [6.45, 7) is 11.2. The molecule has 0 radical (unpaired) electrons. The number of hydrogen-bond acceptors (Lipinski definition) is 5. The fourth-order valence-corrected chi connectivity index (χ4v) is 2.46. The fourth-order valence-electron chi connectivity index (χ4n) is 2.46. The zero-order chi connectivity index (χ0) is 17.4. The summed E-state index contributed by atoms with van der Waals surface area (Å²) < 4.78 is 5.51. The van der Waals surface area contributed by atoms with Crippen LogP contribution in [0.2, 0.25) is 0 Å². The molecule has 1 atom stereocenters. The van der Waals surface area contributed by atoms with E-state index in [4.69, 9.17) is 4.74 Å². The van der Waals surface area contributed by atoms with Crippen molar-refractivity contribution in [2.45, 2.75) is 33.8 Å². The lowest BCUT2D eigenvalue weighted by molar-refractivity contribution is -0.384. The predicted molar refractivity (Wildman–Crippen MR) is 90.7 cm³/mol. The van der Waals surface area contributed by atoms with Crippen molar-refractivity contribution >= 4 is 5.69 Å². The number of rotatable bonds is 10. The maximum absolute atomic E-state index is 10.6. The van der Waals surface area contributed by atoms with Gasteiger partial charge in [-0.15, -0.1) is 0 Å². The molecule has 0 fully saturated rings. The molecule has 1 rings (SSSR count). The van der Waals surface area contributed by atoms with Gasteiger partial charge in [0.15, 0.2) is 0 Å². The van der Waals surface area contributed by atoms with Gasteiger partial charge in [-0.05, 0) is 24.0 Å². The molecule has 0 aliphatic rings. The summed E-state index contributed by atoms with van der Waals surface area (Å²) in [5.74, 6) is 1.60. The highest BCUT2D eigenvalue weighted by Crippen LogP contribution is 2.17. The number of ether oxygens (including phenoxy) is 1. The van der Waals surface area contributed by atoms with Crippen molar-refractivity contribution in [3.05, 3.63) is 34.4 Å². The maximum atomic E-state index is 10.6. The molecule has 1 aromatic rings. The van der Waals surface area contributed by atoms with Crippen LogP contribution < -0.4 is 4.74 Å². The fraction of sp³-hybridized carbons (Fsp3) is 0.647. The first-order valence-electron chi connectivity index (χ1n) is 8.05. The van der Waals surface area contributed by atoms with Gasteiger partial charge < -0.3 is 14.7 Å². The van der Waals surface area contributed by atoms with Crippen LogP contribution in [0.4, 0.5) is 5.69 Å². The molecule has 0 aliphatic carbocycles. The van der Waals surface area contributed by atoms with Crippen molar-refractivity contribution in [3.63, 3.8) is 0 Å². The molecule has 0 bridgehead atoms. The van der Waals surface area contributed by atoms with Gasteiger partial charge in [0.2, 0.25) is 0 Å². The molecule has 0 unspecified atom stereocenters. The third-order valence-electron chi connectivity index (χ3n) is 3.21. The molecular weight excluding hydrogens is 296 g/mol. The average molecular weight is 324 g/mol. The first kappa shape index (κ1) is 19.4. The molecule has 6 nitrogen and oxygen atoms in total. The van der Waals surface area contributed by atoms with Crippen LogP contribution in [0.25, 0.3) is 0 Å². The highest BCUT2D eigenvalue weighted by molar-refractivity contribution is 5.35. The quantitative estimate of drug-likeness (QED) is 0.529. The normalized spacial score (nSPS) is 12.9. The number of nitro groups is 1. The standard InChI is InChI=1S/C17H28N2O4/c1-13(2)9-18(10-14(3)4)11-16(20)12-23-17-7-5-15(6-8-17)19(21)22/h5-8,13-14,16,20H,9-12H2,1-4H3/t16-/m1/s1. The van der Waals surface area contributed by atoms with Crippen LogP contribution in [0.15, 0.2) is 24.3 Å². The second kappa shape index (κ2) is 9.47. The van der Waals surface area contributed by atoms with Gasteiger partial charge in [0, 0.05) is 31.8 Å². The summed E-state index contributed by atoms with van der Waals surface area (Å²) in [6, 6.07) is 5.88. The second-order valence-electron chi connectivity index (χ2n) is 6.72. The number of aliphatic hydroxyl groups is 1. The number of hydrogen-bond donors (Lipinski definition) is 1. The van der Waals surface area contributed by atoms with Crippen molar-refractivity contribution in [1.82, 2.24) is 4.90 Å². The molecule has 0 saturated carbocycles. The molecule has 1 N–H and O–H groups in total. The Morgan fingerprint density at radius 2 is 1.61 bits per heavy atom. The highest BCUT2D eigenvalue weighted by atomic mass is 16.6. The highest BCUT2D eigenvalue weighted by Gasteiger charge is 2.15. The van der Waals surface area contributed by atoms with E-state index in [1.807, 2.05) is 0 Å². The van der Waals surface area contributed by atoms with E-state index in [1.165, 1.54) is 12.1 Å². The maximum Gasteiger partial charge on any atom is 0.269 e. The van der Waals surface area contributed by atoms with E-state index in [0.29, 0.717) is 24.1 Å². The largest absolute Gasteiger partial charge is 0.491 e. The molecule has 0 saturated heterocycles. The van der Waals surface area contributed by atoms with Crippen LogP contribution in [0.3, 0.4) is 0 Å². The number of nitro benzene ring substituents is 1. The summed E-state index contributed by atoms with van der Waals surface area (Å²) in [6.07, 6.45) is -0.595. The van der Waals surface area contributed by atoms with E-state index in [9.17, 15) is 15.2 Å². The minimum absolute atomic E-state index is 0.0259. The molecule has 130 valence electrons. The topological polar surface area (TPSA) is 75.8 Å².